The molecule has 1 fully saturated rings. The fourth-order valence-corrected chi connectivity index (χ4v) is 6.26. The quantitative estimate of drug-likeness (QED) is 0.331. The van der Waals surface area contributed by atoms with Crippen molar-refractivity contribution in [2.75, 3.05) is 53.4 Å². The number of nitrogens with zero attached hydrogens (tertiary/aromatic N) is 4. The van der Waals surface area contributed by atoms with Gasteiger partial charge in [-0.3, -0.25) is 19.3 Å². The molecule has 3 atom stereocenters. The van der Waals surface area contributed by atoms with Gasteiger partial charge in [0, 0.05) is 56.8 Å². The number of carbonyl (C=O) groups is 2. The topological polar surface area (TPSA) is 95.3 Å². The van der Waals surface area contributed by atoms with Crippen LogP contribution in [0.25, 0.3) is 0 Å². The number of rotatable bonds is 15. The first-order chi connectivity index (χ1) is 19.8. The molecule has 0 unspecified atom stereocenters. The van der Waals surface area contributed by atoms with E-state index in [1.807, 2.05) is 23.1 Å². The summed E-state index contributed by atoms with van der Waals surface area (Å²) in [5, 5.41) is 10.5. The Kier molecular flexibility index (Phi) is 11.0. The molecule has 2 aromatic rings. The van der Waals surface area contributed by atoms with E-state index in [9.17, 15) is 19.5 Å². The van der Waals surface area contributed by atoms with Gasteiger partial charge in [0.25, 0.3) is 0 Å². The predicted molar refractivity (Wildman–Crippen MR) is 159 cm³/mol. The highest BCUT2D eigenvalue weighted by Gasteiger charge is 2.47. The second kappa shape index (κ2) is 14.6. The molecule has 0 radical (unpaired) electrons. The van der Waals surface area contributed by atoms with Crippen LogP contribution in [0.5, 0.6) is 5.75 Å². The van der Waals surface area contributed by atoms with Gasteiger partial charge in [0.05, 0.1) is 19.1 Å². The minimum Gasteiger partial charge on any atom is -0.493 e. The van der Waals surface area contributed by atoms with Gasteiger partial charge in [0.1, 0.15) is 5.75 Å². The van der Waals surface area contributed by atoms with Gasteiger partial charge < -0.3 is 24.2 Å². The van der Waals surface area contributed by atoms with Crippen LogP contribution in [-0.2, 0) is 22.6 Å². The molecule has 3 heterocycles. The number of aryl methyl sites for hydroxylation is 1. The Bertz CT molecular complexity index is 1230. The van der Waals surface area contributed by atoms with Gasteiger partial charge in [-0.15, -0.1) is 0 Å². The molecule has 0 saturated carbocycles. The lowest BCUT2D eigenvalue weighted by Crippen LogP contribution is -2.45. The standard InChI is InChI=1S/C32H46N4O5/c1-4-5-16-34(18-9-8-15-33(2)3)30(38)23-36-22-26(24-11-12-28-25(21-24)14-20-41-28)31(32(39)40)27(36)13-19-35-17-7-6-10-29(35)37/h6-7,10-12,17,21,26-27,31H,4-5,8-9,13-16,18-20,22-23H2,1-3H3,(H,39,40)/t26-,27+,31-/m1/s1. The average Bonchev–Trinajstić information content (AvgIpc) is 3.56. The predicted octanol–water partition coefficient (Wildman–Crippen LogP) is 3.31. The number of carbonyl (C=O) groups excluding carboxylic acids is 1. The third-order valence-corrected chi connectivity index (χ3v) is 8.50. The van der Waals surface area contributed by atoms with Gasteiger partial charge in [-0.2, -0.15) is 0 Å². The summed E-state index contributed by atoms with van der Waals surface area (Å²) >= 11 is 0. The van der Waals surface area contributed by atoms with E-state index in [0.717, 1.165) is 55.5 Å². The van der Waals surface area contributed by atoms with Crippen LogP contribution in [-0.4, -0.2) is 95.7 Å². The van der Waals surface area contributed by atoms with E-state index < -0.39 is 11.9 Å². The highest BCUT2D eigenvalue weighted by molar-refractivity contribution is 5.79. The number of hydrogen-bond acceptors (Lipinski definition) is 6. The van der Waals surface area contributed by atoms with E-state index in [1.165, 1.54) is 6.07 Å². The van der Waals surface area contributed by atoms with Crippen LogP contribution in [0.2, 0.25) is 0 Å². The molecular weight excluding hydrogens is 520 g/mol. The molecule has 2 aliphatic rings. The second-order valence-electron chi connectivity index (χ2n) is 11.7. The first kappa shape index (κ1) is 30.8. The Morgan fingerprint density at radius 3 is 2.59 bits per heavy atom. The molecule has 9 nitrogen and oxygen atoms in total. The van der Waals surface area contributed by atoms with Crippen LogP contribution >= 0.6 is 0 Å². The minimum absolute atomic E-state index is 0.0531. The number of carboxylic acids is 1. The zero-order valence-electron chi connectivity index (χ0n) is 24.8. The Morgan fingerprint density at radius 2 is 1.85 bits per heavy atom. The average molecular weight is 567 g/mol. The lowest BCUT2D eigenvalue weighted by Gasteiger charge is -2.30. The zero-order valence-corrected chi connectivity index (χ0v) is 24.8. The van der Waals surface area contributed by atoms with Gasteiger partial charge in [-0.25, -0.2) is 0 Å². The van der Waals surface area contributed by atoms with Crippen molar-refractivity contribution in [3.63, 3.8) is 0 Å². The normalized spacial score (nSPS) is 20.2. The van der Waals surface area contributed by atoms with E-state index in [0.29, 0.717) is 39.2 Å². The first-order valence-electron chi connectivity index (χ1n) is 15.1. The van der Waals surface area contributed by atoms with Gasteiger partial charge in [-0.1, -0.05) is 31.5 Å². The molecule has 9 heteroatoms. The van der Waals surface area contributed by atoms with Crippen LogP contribution < -0.4 is 10.3 Å². The first-order valence-corrected chi connectivity index (χ1v) is 15.1. The molecule has 1 amide bonds. The molecule has 41 heavy (non-hydrogen) atoms. The summed E-state index contributed by atoms with van der Waals surface area (Å²) in [5.41, 5.74) is 1.97. The Hall–Kier alpha value is -3.17. The van der Waals surface area contributed by atoms with Gasteiger partial charge in [0.2, 0.25) is 11.5 Å². The molecule has 4 rings (SSSR count). The Labute approximate surface area is 243 Å². The number of amides is 1. The van der Waals surface area contributed by atoms with E-state index >= 15 is 0 Å². The summed E-state index contributed by atoms with van der Waals surface area (Å²) in [7, 11) is 4.11. The third kappa shape index (κ3) is 7.98. The number of ether oxygens (including phenoxy) is 1. The number of carboxylic acid groups (broad SMARTS) is 1. The lowest BCUT2D eigenvalue weighted by atomic mass is 9.83. The van der Waals surface area contributed by atoms with Crippen molar-refractivity contribution in [1.82, 2.24) is 19.3 Å². The van der Waals surface area contributed by atoms with Crippen molar-refractivity contribution in [2.24, 2.45) is 5.92 Å². The van der Waals surface area contributed by atoms with Crippen molar-refractivity contribution in [1.29, 1.82) is 0 Å². The molecule has 0 bridgehead atoms. The number of likely N-dealkylation sites (tertiary alicyclic amines) is 1. The van der Waals surface area contributed by atoms with Crippen LogP contribution in [0.3, 0.4) is 0 Å². The number of benzene rings is 1. The molecule has 1 N–H and O–H groups in total. The van der Waals surface area contributed by atoms with Crippen LogP contribution in [0.1, 0.15) is 56.1 Å². The summed E-state index contributed by atoms with van der Waals surface area (Å²) in [4.78, 5) is 45.2. The lowest BCUT2D eigenvalue weighted by molar-refractivity contribution is -0.144. The van der Waals surface area contributed by atoms with Gasteiger partial charge in [-0.05, 0) is 69.6 Å². The van der Waals surface area contributed by atoms with Crippen LogP contribution in [0.4, 0.5) is 0 Å². The molecule has 1 aromatic heterocycles. The number of pyridine rings is 1. The van der Waals surface area contributed by atoms with Crippen molar-refractivity contribution >= 4 is 11.9 Å². The number of fused-ring (bicyclic) bond motifs is 1. The molecule has 224 valence electrons. The van der Waals surface area contributed by atoms with Crippen LogP contribution in [0, 0.1) is 5.92 Å². The summed E-state index contributed by atoms with van der Waals surface area (Å²) in [6, 6.07) is 10.7. The highest BCUT2D eigenvalue weighted by Crippen LogP contribution is 2.41. The zero-order chi connectivity index (χ0) is 29.4. The van der Waals surface area contributed by atoms with Crippen LogP contribution in [0.15, 0.2) is 47.4 Å². The summed E-state index contributed by atoms with van der Waals surface area (Å²) in [6.07, 6.45) is 6.92. The summed E-state index contributed by atoms with van der Waals surface area (Å²) in [5.74, 6) is -0.887. The SMILES string of the molecule is CCCCN(CCCCN(C)C)C(=O)CN1C[C@H](c2ccc3c(c2)CCO3)[C@@H](C(=O)O)[C@@H]1CCn1ccccc1=O. The number of aromatic nitrogens is 1. The van der Waals surface area contributed by atoms with E-state index in [2.05, 4.69) is 36.9 Å². The maximum Gasteiger partial charge on any atom is 0.308 e. The van der Waals surface area contributed by atoms with E-state index in [-0.39, 0.29) is 30.0 Å². The second-order valence-corrected chi connectivity index (χ2v) is 11.7. The molecular formula is C32H46N4O5. The maximum atomic E-state index is 13.7. The number of hydrogen-bond donors (Lipinski definition) is 1. The molecule has 0 aliphatic carbocycles. The van der Waals surface area contributed by atoms with Crippen molar-refractivity contribution in [2.45, 2.75) is 64.0 Å². The Balaban J connectivity index is 1.57. The minimum atomic E-state index is -0.862. The summed E-state index contributed by atoms with van der Waals surface area (Å²) < 4.78 is 7.31. The Morgan fingerprint density at radius 1 is 1.07 bits per heavy atom. The van der Waals surface area contributed by atoms with E-state index in [1.54, 1.807) is 16.8 Å². The van der Waals surface area contributed by atoms with Crippen molar-refractivity contribution < 1.29 is 19.4 Å². The molecule has 2 aliphatic heterocycles. The van der Waals surface area contributed by atoms with E-state index in [4.69, 9.17) is 4.74 Å². The maximum absolute atomic E-state index is 13.7. The number of unbranched alkanes of at least 4 members (excludes halogenated alkanes) is 2. The summed E-state index contributed by atoms with van der Waals surface area (Å²) in [6.45, 7) is 6.24. The fraction of sp³-hybridized carbons (Fsp3) is 0.594. The van der Waals surface area contributed by atoms with Gasteiger partial charge in [0.15, 0.2) is 0 Å². The largest absolute Gasteiger partial charge is 0.493 e. The highest BCUT2D eigenvalue weighted by atomic mass is 16.5. The molecule has 1 saturated heterocycles. The van der Waals surface area contributed by atoms with Crippen molar-refractivity contribution in [3.8, 4) is 5.75 Å². The van der Waals surface area contributed by atoms with Crippen molar-refractivity contribution in [3.05, 3.63) is 64.1 Å². The van der Waals surface area contributed by atoms with Gasteiger partial charge >= 0.3 is 5.97 Å². The fourth-order valence-electron chi connectivity index (χ4n) is 6.26. The third-order valence-electron chi connectivity index (χ3n) is 8.50. The smallest absolute Gasteiger partial charge is 0.308 e. The number of aliphatic carboxylic acids is 1. The molecule has 0 spiro atoms. The monoisotopic (exact) mass is 566 g/mol. The molecule has 1 aromatic carbocycles.